The number of methoxy groups -OCH3 is 1. The van der Waals surface area contributed by atoms with Crippen molar-refractivity contribution in [1.29, 1.82) is 0 Å². The van der Waals surface area contributed by atoms with Crippen LogP contribution in [0.5, 0.6) is 11.5 Å². The number of ether oxygens (including phenoxy) is 2. The third-order valence-corrected chi connectivity index (χ3v) is 5.76. The number of carbonyl (C=O) groups excluding carboxylic acids is 2. The van der Waals surface area contributed by atoms with Gasteiger partial charge in [-0.1, -0.05) is 36.4 Å². The highest BCUT2D eigenvalue weighted by molar-refractivity contribution is 5.92. The fourth-order valence-electron chi connectivity index (χ4n) is 3.75. The quantitative estimate of drug-likeness (QED) is 0.570. The minimum Gasteiger partial charge on any atom is -0.493 e. The lowest BCUT2D eigenvalue weighted by Crippen LogP contribution is -2.47. The van der Waals surface area contributed by atoms with Crippen molar-refractivity contribution >= 4 is 18.1 Å². The number of rotatable bonds is 8. The van der Waals surface area contributed by atoms with E-state index in [4.69, 9.17) is 9.47 Å². The van der Waals surface area contributed by atoms with Crippen molar-refractivity contribution in [1.82, 2.24) is 14.7 Å². The van der Waals surface area contributed by atoms with Gasteiger partial charge in [-0.25, -0.2) is 4.79 Å². The van der Waals surface area contributed by atoms with Crippen LogP contribution in [0.1, 0.15) is 25.0 Å². The van der Waals surface area contributed by atoms with Crippen molar-refractivity contribution in [3.63, 3.8) is 0 Å². The SMILES string of the molecule is CCN(CC)C(=O)Oc1ccc(/C=C/C(=O)N2CCN(Cc3ccccc3)CC2)cc1OC. The van der Waals surface area contributed by atoms with Crippen LogP contribution in [0.25, 0.3) is 6.08 Å². The number of amides is 2. The van der Waals surface area contributed by atoms with Gasteiger partial charge in [-0.3, -0.25) is 9.69 Å². The van der Waals surface area contributed by atoms with E-state index < -0.39 is 6.09 Å². The van der Waals surface area contributed by atoms with Crippen molar-refractivity contribution in [2.45, 2.75) is 20.4 Å². The van der Waals surface area contributed by atoms with E-state index in [0.717, 1.165) is 25.2 Å². The topological polar surface area (TPSA) is 62.3 Å². The molecule has 7 nitrogen and oxygen atoms in total. The maximum Gasteiger partial charge on any atom is 0.415 e. The van der Waals surface area contributed by atoms with E-state index in [1.54, 1.807) is 35.3 Å². The van der Waals surface area contributed by atoms with Gasteiger partial charge in [0.25, 0.3) is 0 Å². The van der Waals surface area contributed by atoms with E-state index >= 15 is 0 Å². The minimum atomic E-state index is -0.414. The Morgan fingerprint density at radius 3 is 2.30 bits per heavy atom. The Morgan fingerprint density at radius 2 is 1.67 bits per heavy atom. The molecular formula is C26H33N3O4. The average molecular weight is 452 g/mol. The molecule has 33 heavy (non-hydrogen) atoms. The highest BCUT2D eigenvalue weighted by Crippen LogP contribution is 2.29. The fraction of sp³-hybridized carbons (Fsp3) is 0.385. The van der Waals surface area contributed by atoms with Crippen molar-refractivity contribution in [2.75, 3.05) is 46.4 Å². The lowest BCUT2D eigenvalue weighted by molar-refractivity contribution is -0.127. The third-order valence-electron chi connectivity index (χ3n) is 5.76. The molecule has 176 valence electrons. The normalized spacial score (nSPS) is 14.3. The van der Waals surface area contributed by atoms with Gasteiger partial charge in [0.05, 0.1) is 7.11 Å². The molecule has 0 spiro atoms. The molecule has 0 aliphatic carbocycles. The highest BCUT2D eigenvalue weighted by Gasteiger charge is 2.20. The summed E-state index contributed by atoms with van der Waals surface area (Å²) in [7, 11) is 1.53. The number of hydrogen-bond donors (Lipinski definition) is 0. The van der Waals surface area contributed by atoms with E-state index in [1.165, 1.54) is 12.7 Å². The van der Waals surface area contributed by atoms with Crippen LogP contribution >= 0.6 is 0 Å². The van der Waals surface area contributed by atoms with Crippen molar-refractivity contribution < 1.29 is 19.1 Å². The molecule has 1 fully saturated rings. The summed E-state index contributed by atoms with van der Waals surface area (Å²) in [5.41, 5.74) is 2.09. The maximum absolute atomic E-state index is 12.7. The van der Waals surface area contributed by atoms with Crippen LogP contribution in [0, 0.1) is 0 Å². The predicted molar refractivity (Wildman–Crippen MR) is 129 cm³/mol. The predicted octanol–water partition coefficient (Wildman–Crippen LogP) is 3.89. The molecule has 0 bridgehead atoms. The summed E-state index contributed by atoms with van der Waals surface area (Å²) in [6.07, 6.45) is 2.93. The first-order chi connectivity index (χ1) is 16.0. The first-order valence-electron chi connectivity index (χ1n) is 11.4. The summed E-state index contributed by atoms with van der Waals surface area (Å²) in [5, 5.41) is 0. The van der Waals surface area contributed by atoms with Crippen molar-refractivity contribution in [3.8, 4) is 11.5 Å². The van der Waals surface area contributed by atoms with Gasteiger partial charge in [0.2, 0.25) is 5.91 Å². The fourth-order valence-corrected chi connectivity index (χ4v) is 3.75. The number of hydrogen-bond acceptors (Lipinski definition) is 5. The third kappa shape index (κ3) is 6.83. The van der Waals surface area contributed by atoms with Crippen LogP contribution in [-0.4, -0.2) is 73.1 Å². The van der Waals surface area contributed by atoms with Crippen LogP contribution < -0.4 is 9.47 Å². The summed E-state index contributed by atoms with van der Waals surface area (Å²) in [5.74, 6) is 0.789. The summed E-state index contributed by atoms with van der Waals surface area (Å²) >= 11 is 0. The minimum absolute atomic E-state index is 0.00892. The number of nitrogens with zero attached hydrogens (tertiary/aromatic N) is 3. The molecule has 2 amide bonds. The van der Waals surface area contributed by atoms with E-state index in [9.17, 15) is 9.59 Å². The van der Waals surface area contributed by atoms with Crippen LogP contribution in [0.15, 0.2) is 54.6 Å². The smallest absolute Gasteiger partial charge is 0.415 e. The summed E-state index contributed by atoms with van der Waals surface area (Å²) in [6.45, 7) is 8.97. The number of piperazine rings is 1. The molecule has 2 aromatic rings. The Kier molecular flexibility index (Phi) is 8.89. The second-order valence-electron chi connectivity index (χ2n) is 7.87. The zero-order valence-electron chi connectivity index (χ0n) is 19.7. The lowest BCUT2D eigenvalue weighted by Gasteiger charge is -2.34. The van der Waals surface area contributed by atoms with E-state index in [2.05, 4.69) is 29.2 Å². The highest BCUT2D eigenvalue weighted by atomic mass is 16.6. The van der Waals surface area contributed by atoms with Gasteiger partial charge < -0.3 is 19.3 Å². The van der Waals surface area contributed by atoms with Crippen LogP contribution in [0.3, 0.4) is 0 Å². The zero-order chi connectivity index (χ0) is 23.6. The van der Waals surface area contributed by atoms with Gasteiger partial charge in [0.15, 0.2) is 11.5 Å². The van der Waals surface area contributed by atoms with Crippen LogP contribution in [0.4, 0.5) is 4.79 Å². The molecule has 2 aromatic carbocycles. The molecule has 0 aromatic heterocycles. The van der Waals surface area contributed by atoms with Crippen molar-refractivity contribution in [3.05, 3.63) is 65.7 Å². The molecule has 0 saturated carbocycles. The maximum atomic E-state index is 12.7. The molecule has 1 saturated heterocycles. The first-order valence-corrected chi connectivity index (χ1v) is 11.4. The standard InChI is InChI=1S/C26H33N3O4/c1-4-28(5-2)26(31)33-23-13-11-21(19-24(23)32-3)12-14-25(30)29-17-15-27(16-18-29)20-22-9-7-6-8-10-22/h6-14,19H,4-5,15-18,20H2,1-3H3/b14-12+. The summed E-state index contributed by atoms with van der Waals surface area (Å²) in [6, 6.07) is 15.6. The van der Waals surface area contributed by atoms with E-state index in [0.29, 0.717) is 37.7 Å². The Hall–Kier alpha value is -3.32. The molecule has 0 atom stereocenters. The van der Waals surface area contributed by atoms with Crippen LogP contribution in [-0.2, 0) is 11.3 Å². The van der Waals surface area contributed by atoms with Gasteiger partial charge in [-0.15, -0.1) is 0 Å². The number of carbonyl (C=O) groups is 2. The molecule has 0 N–H and O–H groups in total. The van der Waals surface area contributed by atoms with Crippen molar-refractivity contribution in [2.24, 2.45) is 0 Å². The molecule has 3 rings (SSSR count). The summed E-state index contributed by atoms with van der Waals surface area (Å²) in [4.78, 5) is 30.7. The molecule has 7 heteroatoms. The van der Waals surface area contributed by atoms with Gasteiger partial charge in [0, 0.05) is 51.9 Å². The van der Waals surface area contributed by atoms with E-state index in [-0.39, 0.29) is 5.91 Å². The summed E-state index contributed by atoms with van der Waals surface area (Å²) < 4.78 is 10.9. The van der Waals surface area contributed by atoms with E-state index in [1.807, 2.05) is 24.8 Å². The molecule has 0 radical (unpaired) electrons. The zero-order valence-corrected chi connectivity index (χ0v) is 19.7. The van der Waals surface area contributed by atoms with Gasteiger partial charge >= 0.3 is 6.09 Å². The average Bonchev–Trinajstić information content (AvgIpc) is 2.85. The van der Waals surface area contributed by atoms with Gasteiger partial charge in [-0.2, -0.15) is 0 Å². The molecular weight excluding hydrogens is 418 g/mol. The molecule has 0 unspecified atom stereocenters. The Morgan fingerprint density at radius 1 is 0.970 bits per heavy atom. The monoisotopic (exact) mass is 451 g/mol. The Balaban J connectivity index is 1.54. The van der Waals surface area contributed by atoms with Gasteiger partial charge in [0.1, 0.15) is 0 Å². The molecule has 1 aliphatic heterocycles. The Labute approximate surface area is 196 Å². The van der Waals surface area contributed by atoms with Crippen LogP contribution in [0.2, 0.25) is 0 Å². The lowest BCUT2D eigenvalue weighted by atomic mass is 10.1. The Bertz CT molecular complexity index is 949. The second-order valence-corrected chi connectivity index (χ2v) is 7.87. The first kappa shape index (κ1) is 24.3. The van der Waals surface area contributed by atoms with Gasteiger partial charge in [-0.05, 0) is 43.2 Å². The molecule has 1 heterocycles. The molecule has 1 aliphatic rings. The largest absolute Gasteiger partial charge is 0.493 e. The second kappa shape index (κ2) is 12.1. The number of benzene rings is 2.